The largest absolute Gasteiger partial charge is 0.337 e. The highest BCUT2D eigenvalue weighted by Gasteiger charge is 2.09. The third-order valence-electron chi connectivity index (χ3n) is 2.79. The number of imidazole rings is 1. The molecule has 0 aliphatic carbocycles. The Bertz CT molecular complexity index is 723. The molecule has 4 nitrogen and oxygen atoms in total. The zero-order valence-electron chi connectivity index (χ0n) is 9.33. The molecule has 86 valence electrons. The Balaban J connectivity index is 2.15. The summed E-state index contributed by atoms with van der Waals surface area (Å²) in [4.78, 5) is 16.2. The SMILES string of the molecule is Cn1ccnc1Cn1c(=O)sc2ccccc21. The van der Waals surface area contributed by atoms with Crippen molar-refractivity contribution in [3.8, 4) is 0 Å². The highest BCUT2D eigenvalue weighted by atomic mass is 32.1. The molecular formula is C12H11N3OS. The molecular weight excluding hydrogens is 234 g/mol. The summed E-state index contributed by atoms with van der Waals surface area (Å²) >= 11 is 1.28. The summed E-state index contributed by atoms with van der Waals surface area (Å²) in [5.41, 5.74) is 0.977. The first-order valence-corrected chi connectivity index (χ1v) is 6.12. The van der Waals surface area contributed by atoms with Crippen LogP contribution in [0.3, 0.4) is 0 Å². The third-order valence-corrected chi connectivity index (χ3v) is 3.75. The number of rotatable bonds is 2. The molecule has 1 aromatic carbocycles. The molecule has 2 aromatic heterocycles. The van der Waals surface area contributed by atoms with Crippen molar-refractivity contribution in [2.45, 2.75) is 6.54 Å². The molecule has 17 heavy (non-hydrogen) atoms. The number of benzene rings is 1. The fraction of sp³-hybridized carbons (Fsp3) is 0.167. The molecule has 0 radical (unpaired) electrons. The van der Waals surface area contributed by atoms with Crippen molar-refractivity contribution in [1.29, 1.82) is 0 Å². The van der Waals surface area contributed by atoms with Gasteiger partial charge in [-0.1, -0.05) is 23.5 Å². The minimum Gasteiger partial charge on any atom is -0.337 e. The van der Waals surface area contributed by atoms with Gasteiger partial charge in [-0.2, -0.15) is 0 Å². The van der Waals surface area contributed by atoms with Crippen molar-refractivity contribution in [3.63, 3.8) is 0 Å². The lowest BCUT2D eigenvalue weighted by Crippen LogP contribution is -2.16. The molecule has 3 rings (SSSR count). The Morgan fingerprint density at radius 1 is 1.35 bits per heavy atom. The first-order chi connectivity index (χ1) is 8.25. The van der Waals surface area contributed by atoms with Gasteiger partial charge < -0.3 is 4.57 Å². The number of hydrogen-bond donors (Lipinski definition) is 0. The number of aryl methyl sites for hydroxylation is 1. The van der Waals surface area contributed by atoms with E-state index in [1.54, 1.807) is 10.8 Å². The third kappa shape index (κ3) is 1.68. The second-order valence-corrected chi connectivity index (χ2v) is 4.87. The Kier molecular flexibility index (Phi) is 2.33. The van der Waals surface area contributed by atoms with Crippen LogP contribution in [-0.2, 0) is 13.6 Å². The van der Waals surface area contributed by atoms with E-state index in [-0.39, 0.29) is 4.87 Å². The molecule has 0 aliphatic rings. The smallest absolute Gasteiger partial charge is 0.308 e. The first kappa shape index (κ1) is 10.3. The molecule has 0 saturated heterocycles. The van der Waals surface area contributed by atoms with Gasteiger partial charge in [-0.15, -0.1) is 0 Å². The maximum Gasteiger partial charge on any atom is 0.308 e. The average molecular weight is 245 g/mol. The van der Waals surface area contributed by atoms with Crippen LogP contribution in [0, 0.1) is 0 Å². The van der Waals surface area contributed by atoms with Gasteiger partial charge in [-0.3, -0.25) is 9.36 Å². The molecule has 0 amide bonds. The van der Waals surface area contributed by atoms with Gasteiger partial charge in [0.25, 0.3) is 0 Å². The maximum absolute atomic E-state index is 11.9. The molecule has 0 spiro atoms. The Morgan fingerprint density at radius 3 is 2.94 bits per heavy atom. The monoisotopic (exact) mass is 245 g/mol. The van der Waals surface area contributed by atoms with Crippen LogP contribution in [-0.4, -0.2) is 14.1 Å². The fourth-order valence-electron chi connectivity index (χ4n) is 1.85. The molecule has 0 fully saturated rings. The lowest BCUT2D eigenvalue weighted by atomic mass is 10.3. The topological polar surface area (TPSA) is 39.8 Å². The van der Waals surface area contributed by atoms with E-state index >= 15 is 0 Å². The van der Waals surface area contributed by atoms with E-state index in [4.69, 9.17) is 0 Å². The van der Waals surface area contributed by atoms with Crippen LogP contribution in [0.2, 0.25) is 0 Å². The van der Waals surface area contributed by atoms with E-state index in [1.807, 2.05) is 42.1 Å². The summed E-state index contributed by atoms with van der Waals surface area (Å²) in [6.07, 6.45) is 3.63. The lowest BCUT2D eigenvalue weighted by Gasteiger charge is -2.03. The van der Waals surface area contributed by atoms with Gasteiger partial charge in [0.05, 0.1) is 16.8 Å². The predicted octanol–water partition coefficient (Wildman–Crippen LogP) is 1.84. The molecule has 5 heteroatoms. The Labute approximate surface area is 102 Å². The highest BCUT2D eigenvalue weighted by Crippen LogP contribution is 2.17. The van der Waals surface area contributed by atoms with Crippen LogP contribution in [0.25, 0.3) is 10.2 Å². The minimum absolute atomic E-state index is 0.0641. The lowest BCUT2D eigenvalue weighted by molar-refractivity contribution is 0.708. The maximum atomic E-state index is 11.9. The van der Waals surface area contributed by atoms with E-state index in [0.29, 0.717) is 6.54 Å². The van der Waals surface area contributed by atoms with Gasteiger partial charge in [0.1, 0.15) is 5.82 Å². The molecule has 0 saturated carbocycles. The normalized spacial score (nSPS) is 11.1. The van der Waals surface area contributed by atoms with Crippen LogP contribution in [0.5, 0.6) is 0 Å². The standard InChI is InChI=1S/C12H11N3OS/c1-14-7-6-13-11(14)8-15-9-4-2-3-5-10(9)17-12(15)16/h2-7H,8H2,1H3. The number of nitrogens with zero attached hydrogens (tertiary/aromatic N) is 3. The number of hydrogen-bond acceptors (Lipinski definition) is 3. The van der Waals surface area contributed by atoms with E-state index in [2.05, 4.69) is 4.98 Å². The van der Waals surface area contributed by atoms with Crippen molar-refractivity contribution >= 4 is 21.6 Å². The van der Waals surface area contributed by atoms with Crippen LogP contribution in [0.15, 0.2) is 41.5 Å². The number of aromatic nitrogens is 3. The first-order valence-electron chi connectivity index (χ1n) is 5.30. The van der Waals surface area contributed by atoms with Crippen LogP contribution < -0.4 is 4.87 Å². The number of fused-ring (bicyclic) bond motifs is 1. The number of para-hydroxylation sites is 1. The van der Waals surface area contributed by atoms with E-state index < -0.39 is 0 Å². The summed E-state index contributed by atoms with van der Waals surface area (Å²) < 4.78 is 4.72. The zero-order valence-corrected chi connectivity index (χ0v) is 10.1. The molecule has 3 aromatic rings. The van der Waals surface area contributed by atoms with E-state index in [1.165, 1.54) is 11.3 Å². The predicted molar refractivity (Wildman–Crippen MR) is 68.4 cm³/mol. The molecule has 0 N–H and O–H groups in total. The van der Waals surface area contributed by atoms with Crippen molar-refractivity contribution < 1.29 is 0 Å². The summed E-state index contributed by atoms with van der Waals surface area (Å²) in [5.74, 6) is 0.885. The van der Waals surface area contributed by atoms with Gasteiger partial charge in [-0.05, 0) is 12.1 Å². The van der Waals surface area contributed by atoms with Crippen molar-refractivity contribution in [1.82, 2.24) is 14.1 Å². The van der Waals surface area contributed by atoms with Crippen molar-refractivity contribution in [2.24, 2.45) is 7.05 Å². The average Bonchev–Trinajstić information content (AvgIpc) is 2.85. The van der Waals surface area contributed by atoms with Crippen molar-refractivity contribution in [3.05, 3.63) is 52.2 Å². The van der Waals surface area contributed by atoms with Crippen molar-refractivity contribution in [2.75, 3.05) is 0 Å². The van der Waals surface area contributed by atoms with Crippen LogP contribution >= 0.6 is 11.3 Å². The summed E-state index contributed by atoms with van der Waals surface area (Å²) in [6, 6.07) is 7.83. The van der Waals surface area contributed by atoms with E-state index in [0.717, 1.165) is 16.0 Å². The Hall–Kier alpha value is -1.88. The zero-order chi connectivity index (χ0) is 11.8. The van der Waals surface area contributed by atoms with Gasteiger partial charge in [0.2, 0.25) is 0 Å². The van der Waals surface area contributed by atoms with Gasteiger partial charge >= 0.3 is 4.87 Å². The summed E-state index contributed by atoms with van der Waals surface area (Å²) in [6.45, 7) is 0.520. The number of thiazole rings is 1. The highest BCUT2D eigenvalue weighted by molar-refractivity contribution is 7.16. The van der Waals surface area contributed by atoms with Gasteiger partial charge in [0, 0.05) is 19.4 Å². The molecule has 0 unspecified atom stereocenters. The van der Waals surface area contributed by atoms with Gasteiger partial charge in [-0.25, -0.2) is 4.98 Å². The fourth-order valence-corrected chi connectivity index (χ4v) is 2.74. The van der Waals surface area contributed by atoms with Gasteiger partial charge in [0.15, 0.2) is 0 Å². The molecule has 0 bridgehead atoms. The summed E-state index contributed by atoms with van der Waals surface area (Å²) in [5, 5.41) is 0. The second kappa shape index (κ2) is 3.85. The quantitative estimate of drug-likeness (QED) is 0.691. The van der Waals surface area contributed by atoms with Crippen LogP contribution in [0.4, 0.5) is 0 Å². The second-order valence-electron chi connectivity index (χ2n) is 3.88. The minimum atomic E-state index is 0.0641. The molecule has 0 aliphatic heterocycles. The molecule has 2 heterocycles. The van der Waals surface area contributed by atoms with E-state index in [9.17, 15) is 4.79 Å². The van der Waals surface area contributed by atoms with Crippen LogP contribution in [0.1, 0.15) is 5.82 Å². The summed E-state index contributed by atoms with van der Waals surface area (Å²) in [7, 11) is 1.93. The Morgan fingerprint density at radius 2 is 2.18 bits per heavy atom. The molecule has 0 atom stereocenters.